The van der Waals surface area contributed by atoms with Crippen molar-refractivity contribution in [3.05, 3.63) is 75.7 Å². The summed E-state index contributed by atoms with van der Waals surface area (Å²) in [5.41, 5.74) is 0.693. The van der Waals surface area contributed by atoms with E-state index in [-0.39, 0.29) is 17.0 Å². The van der Waals surface area contributed by atoms with Crippen molar-refractivity contribution in [3.63, 3.8) is 0 Å². The fourth-order valence-corrected chi connectivity index (χ4v) is 2.88. The number of nitrogens with zero attached hydrogens (tertiary/aromatic N) is 3. The third-order valence-electron chi connectivity index (χ3n) is 4.40. The molecule has 1 N–H and O–H groups in total. The van der Waals surface area contributed by atoms with Gasteiger partial charge in [0.25, 0.3) is 11.5 Å². The lowest BCUT2D eigenvalue weighted by Gasteiger charge is -2.11. The van der Waals surface area contributed by atoms with Gasteiger partial charge in [-0.3, -0.25) is 14.0 Å². The number of carbonyl (C=O) groups excluding carboxylic acids is 1. The number of carbonyl (C=O) groups is 1. The standard InChI is InChI=1S/C23H22N4O4/c1-16-7-5-8-18(13-16)31-22-19(23(29)27-11-4-3-9-20(27)26-22)14-17(15-24)21(28)25-10-6-12-30-2/h3-5,7-9,11,13-14H,6,10,12H2,1-2H3,(H,25,28)/b17-14+. The van der Waals surface area contributed by atoms with Crippen molar-refractivity contribution in [3.8, 4) is 17.7 Å². The predicted molar refractivity (Wildman–Crippen MR) is 116 cm³/mol. The van der Waals surface area contributed by atoms with E-state index in [1.807, 2.05) is 25.1 Å². The molecule has 3 rings (SSSR count). The Labute approximate surface area is 179 Å². The molecule has 8 nitrogen and oxygen atoms in total. The minimum Gasteiger partial charge on any atom is -0.438 e. The van der Waals surface area contributed by atoms with E-state index in [0.717, 1.165) is 5.56 Å². The lowest BCUT2D eigenvalue weighted by atomic mass is 10.1. The molecule has 0 saturated carbocycles. The Balaban J connectivity index is 2.05. The van der Waals surface area contributed by atoms with Crippen LogP contribution in [0.15, 0.2) is 59.0 Å². The number of pyridine rings is 1. The molecule has 3 aromatic rings. The summed E-state index contributed by atoms with van der Waals surface area (Å²) in [7, 11) is 1.57. The Morgan fingerprint density at radius 1 is 1.29 bits per heavy atom. The van der Waals surface area contributed by atoms with Crippen LogP contribution in [0.5, 0.6) is 11.6 Å². The highest BCUT2D eigenvalue weighted by Crippen LogP contribution is 2.24. The normalized spacial score (nSPS) is 11.2. The van der Waals surface area contributed by atoms with Crippen molar-refractivity contribution >= 4 is 17.6 Å². The van der Waals surface area contributed by atoms with Crippen molar-refractivity contribution in [2.24, 2.45) is 0 Å². The van der Waals surface area contributed by atoms with Crippen LogP contribution in [0.2, 0.25) is 0 Å². The maximum Gasteiger partial charge on any atom is 0.269 e. The highest BCUT2D eigenvalue weighted by Gasteiger charge is 2.17. The van der Waals surface area contributed by atoms with Crippen LogP contribution < -0.4 is 15.6 Å². The number of hydrogen-bond donors (Lipinski definition) is 1. The molecular formula is C23H22N4O4. The summed E-state index contributed by atoms with van der Waals surface area (Å²) >= 11 is 0. The van der Waals surface area contributed by atoms with Gasteiger partial charge in [0, 0.05) is 26.5 Å². The van der Waals surface area contributed by atoms with E-state index in [0.29, 0.717) is 31.0 Å². The molecule has 0 saturated heterocycles. The molecule has 0 aliphatic carbocycles. The zero-order valence-corrected chi connectivity index (χ0v) is 17.3. The molecule has 1 aromatic carbocycles. The molecule has 0 aliphatic rings. The number of benzene rings is 1. The van der Waals surface area contributed by atoms with E-state index in [1.54, 1.807) is 43.6 Å². The maximum atomic E-state index is 13.1. The van der Waals surface area contributed by atoms with Crippen LogP contribution in [0.1, 0.15) is 17.5 Å². The van der Waals surface area contributed by atoms with E-state index in [1.165, 1.54) is 10.5 Å². The number of aryl methyl sites for hydroxylation is 1. The van der Waals surface area contributed by atoms with Crippen LogP contribution in [0.25, 0.3) is 11.7 Å². The monoisotopic (exact) mass is 418 g/mol. The Kier molecular flexibility index (Phi) is 7.14. The molecule has 31 heavy (non-hydrogen) atoms. The number of aromatic nitrogens is 2. The molecule has 2 aromatic heterocycles. The lowest BCUT2D eigenvalue weighted by Crippen LogP contribution is -2.27. The van der Waals surface area contributed by atoms with Crippen LogP contribution in [0, 0.1) is 18.3 Å². The maximum absolute atomic E-state index is 13.1. The molecule has 0 bridgehead atoms. The first kappa shape index (κ1) is 21.7. The molecule has 0 radical (unpaired) electrons. The minimum absolute atomic E-state index is 0.00815. The molecule has 0 aliphatic heterocycles. The SMILES string of the molecule is COCCCNC(=O)/C(C#N)=C/c1c(Oc2cccc(C)c2)nc2ccccn2c1=O. The van der Waals surface area contributed by atoms with Gasteiger partial charge in [0.05, 0.1) is 0 Å². The predicted octanol–water partition coefficient (Wildman–Crippen LogP) is 2.85. The summed E-state index contributed by atoms with van der Waals surface area (Å²) in [5, 5.41) is 12.1. The first-order valence-corrected chi connectivity index (χ1v) is 9.68. The second-order valence-electron chi connectivity index (χ2n) is 6.76. The number of amides is 1. The van der Waals surface area contributed by atoms with Crippen LogP contribution in [-0.2, 0) is 9.53 Å². The van der Waals surface area contributed by atoms with Gasteiger partial charge in [-0.05, 0) is 49.2 Å². The largest absolute Gasteiger partial charge is 0.438 e. The van der Waals surface area contributed by atoms with Crippen molar-refractivity contribution in [2.45, 2.75) is 13.3 Å². The van der Waals surface area contributed by atoms with Gasteiger partial charge in [-0.15, -0.1) is 0 Å². The van der Waals surface area contributed by atoms with Crippen molar-refractivity contribution in [1.82, 2.24) is 14.7 Å². The third-order valence-corrected chi connectivity index (χ3v) is 4.40. The van der Waals surface area contributed by atoms with Crippen molar-refractivity contribution in [2.75, 3.05) is 20.3 Å². The van der Waals surface area contributed by atoms with E-state index in [2.05, 4.69) is 10.3 Å². The summed E-state index contributed by atoms with van der Waals surface area (Å²) in [6.45, 7) is 2.74. The fourth-order valence-electron chi connectivity index (χ4n) is 2.88. The Morgan fingerprint density at radius 3 is 2.87 bits per heavy atom. The van der Waals surface area contributed by atoms with E-state index in [4.69, 9.17) is 9.47 Å². The summed E-state index contributed by atoms with van der Waals surface area (Å²) in [4.78, 5) is 30.0. The molecule has 1 amide bonds. The minimum atomic E-state index is -0.585. The molecule has 0 fully saturated rings. The van der Waals surface area contributed by atoms with Gasteiger partial charge in [-0.1, -0.05) is 18.2 Å². The van der Waals surface area contributed by atoms with Gasteiger partial charge >= 0.3 is 0 Å². The highest BCUT2D eigenvalue weighted by atomic mass is 16.5. The number of fused-ring (bicyclic) bond motifs is 1. The highest BCUT2D eigenvalue weighted by molar-refractivity contribution is 6.01. The summed E-state index contributed by atoms with van der Waals surface area (Å²) in [5.74, 6) is -0.0799. The van der Waals surface area contributed by atoms with E-state index in [9.17, 15) is 14.9 Å². The Hall–Kier alpha value is -3.96. The molecule has 0 atom stereocenters. The van der Waals surface area contributed by atoms with Crippen LogP contribution >= 0.6 is 0 Å². The summed E-state index contributed by atoms with van der Waals surface area (Å²) < 4.78 is 12.2. The van der Waals surface area contributed by atoms with Gasteiger partial charge < -0.3 is 14.8 Å². The van der Waals surface area contributed by atoms with Crippen molar-refractivity contribution < 1.29 is 14.3 Å². The van der Waals surface area contributed by atoms with E-state index >= 15 is 0 Å². The van der Waals surface area contributed by atoms with Gasteiger partial charge in [-0.2, -0.15) is 10.2 Å². The molecule has 0 unspecified atom stereocenters. The number of rotatable bonds is 8. The number of nitrogens with one attached hydrogen (secondary N) is 1. The number of ether oxygens (including phenoxy) is 2. The second kappa shape index (κ2) is 10.2. The second-order valence-corrected chi connectivity index (χ2v) is 6.76. The van der Waals surface area contributed by atoms with Crippen LogP contribution in [-0.4, -0.2) is 35.6 Å². The quantitative estimate of drug-likeness (QED) is 0.343. The van der Waals surface area contributed by atoms with Gasteiger partial charge in [0.15, 0.2) is 0 Å². The molecule has 2 heterocycles. The average Bonchev–Trinajstić information content (AvgIpc) is 2.76. The molecule has 8 heteroatoms. The van der Waals surface area contributed by atoms with Crippen LogP contribution in [0.3, 0.4) is 0 Å². The van der Waals surface area contributed by atoms with Gasteiger partial charge in [-0.25, -0.2) is 0 Å². The Morgan fingerprint density at radius 2 is 2.13 bits per heavy atom. The fraction of sp³-hybridized carbons (Fsp3) is 0.217. The first-order valence-electron chi connectivity index (χ1n) is 9.68. The molecular weight excluding hydrogens is 396 g/mol. The molecule has 0 spiro atoms. The smallest absolute Gasteiger partial charge is 0.269 e. The molecule has 158 valence electrons. The summed E-state index contributed by atoms with van der Waals surface area (Å²) in [6, 6.07) is 14.2. The lowest BCUT2D eigenvalue weighted by molar-refractivity contribution is -0.117. The number of methoxy groups -OCH3 is 1. The average molecular weight is 418 g/mol. The summed E-state index contributed by atoms with van der Waals surface area (Å²) in [6.07, 6.45) is 3.38. The van der Waals surface area contributed by atoms with Crippen molar-refractivity contribution in [1.29, 1.82) is 5.26 Å². The number of hydrogen-bond acceptors (Lipinski definition) is 6. The number of nitriles is 1. The third kappa shape index (κ3) is 5.35. The van der Waals surface area contributed by atoms with Gasteiger partial charge in [0.1, 0.15) is 28.6 Å². The first-order chi connectivity index (χ1) is 15.0. The van der Waals surface area contributed by atoms with E-state index < -0.39 is 11.5 Å². The van der Waals surface area contributed by atoms with Crippen LogP contribution in [0.4, 0.5) is 0 Å². The zero-order chi connectivity index (χ0) is 22.2. The zero-order valence-electron chi connectivity index (χ0n) is 17.3. The van der Waals surface area contributed by atoms with Gasteiger partial charge in [0.2, 0.25) is 5.88 Å². The topological polar surface area (TPSA) is 106 Å². The Bertz CT molecular complexity index is 1220.